The molecule has 2 rings (SSSR count). The Morgan fingerprint density at radius 2 is 2.20 bits per heavy atom. The number of methoxy groups -OCH3 is 1. The van der Waals surface area contributed by atoms with E-state index in [1.165, 1.54) is 0 Å². The van der Waals surface area contributed by atoms with Gasteiger partial charge in [-0.3, -0.25) is 0 Å². The molecule has 1 saturated heterocycles. The number of hydrogen-bond donors (Lipinski definition) is 2. The molecule has 6 heteroatoms. The average molecular weight is 343 g/mol. The smallest absolute Gasteiger partial charge is 0.321 e. The molecule has 1 aromatic carbocycles. The first-order valence-electron chi connectivity index (χ1n) is 6.64. The van der Waals surface area contributed by atoms with Crippen molar-refractivity contribution in [3.63, 3.8) is 0 Å². The van der Waals surface area contributed by atoms with Crippen LogP contribution in [0.4, 0.5) is 10.5 Å². The fourth-order valence-corrected chi connectivity index (χ4v) is 2.59. The van der Waals surface area contributed by atoms with Gasteiger partial charge >= 0.3 is 6.03 Å². The molecule has 0 aromatic heterocycles. The molecule has 0 unspecified atom stereocenters. The molecule has 2 amide bonds. The van der Waals surface area contributed by atoms with Crippen molar-refractivity contribution >= 4 is 27.6 Å². The van der Waals surface area contributed by atoms with Crippen LogP contribution in [-0.4, -0.2) is 42.8 Å². The fraction of sp³-hybridized carbons (Fsp3) is 0.500. The Kier molecular flexibility index (Phi) is 5.25. The standard InChI is InChI=1S/C14H19BrN2O3/c1-20-11-2-3-12(15)13(8-11)16-14(19)17-6-4-10(9-18)5-7-17/h2-3,8,10,18H,4-7,9H2,1H3,(H,16,19). The number of benzene rings is 1. The summed E-state index contributed by atoms with van der Waals surface area (Å²) in [5.41, 5.74) is 0.693. The summed E-state index contributed by atoms with van der Waals surface area (Å²) in [6.45, 7) is 1.56. The van der Waals surface area contributed by atoms with Gasteiger partial charge in [0.1, 0.15) is 5.75 Å². The van der Waals surface area contributed by atoms with Gasteiger partial charge in [-0.2, -0.15) is 0 Å². The average Bonchev–Trinajstić information content (AvgIpc) is 2.49. The third-order valence-electron chi connectivity index (χ3n) is 3.58. The summed E-state index contributed by atoms with van der Waals surface area (Å²) in [7, 11) is 1.59. The molecule has 20 heavy (non-hydrogen) atoms. The van der Waals surface area contributed by atoms with Crippen molar-refractivity contribution in [1.82, 2.24) is 4.90 Å². The minimum absolute atomic E-state index is 0.115. The zero-order valence-electron chi connectivity index (χ0n) is 11.4. The van der Waals surface area contributed by atoms with Crippen LogP contribution >= 0.6 is 15.9 Å². The molecule has 1 heterocycles. The maximum atomic E-state index is 12.2. The van der Waals surface area contributed by atoms with Gasteiger partial charge in [0.05, 0.1) is 12.8 Å². The Balaban J connectivity index is 1.98. The first-order chi connectivity index (χ1) is 9.63. The second-order valence-electron chi connectivity index (χ2n) is 4.89. The lowest BCUT2D eigenvalue weighted by Crippen LogP contribution is -2.41. The highest BCUT2D eigenvalue weighted by Crippen LogP contribution is 2.27. The predicted molar refractivity (Wildman–Crippen MR) is 81.1 cm³/mol. The number of piperidine rings is 1. The molecule has 5 nitrogen and oxygen atoms in total. The molecule has 1 fully saturated rings. The second-order valence-corrected chi connectivity index (χ2v) is 5.74. The number of aliphatic hydroxyl groups is 1. The van der Waals surface area contributed by atoms with Gasteiger partial charge in [-0.05, 0) is 46.8 Å². The van der Waals surface area contributed by atoms with E-state index in [1.807, 2.05) is 12.1 Å². The van der Waals surface area contributed by atoms with E-state index in [4.69, 9.17) is 9.84 Å². The quantitative estimate of drug-likeness (QED) is 0.887. The monoisotopic (exact) mass is 342 g/mol. The predicted octanol–water partition coefficient (Wildman–Crippen LogP) is 2.69. The summed E-state index contributed by atoms with van der Waals surface area (Å²) in [4.78, 5) is 14.0. The highest BCUT2D eigenvalue weighted by Gasteiger charge is 2.22. The zero-order chi connectivity index (χ0) is 14.5. The van der Waals surface area contributed by atoms with Crippen LogP contribution in [0, 0.1) is 5.92 Å². The van der Waals surface area contributed by atoms with E-state index >= 15 is 0 Å². The third-order valence-corrected chi connectivity index (χ3v) is 4.27. The number of rotatable bonds is 3. The number of nitrogens with one attached hydrogen (secondary N) is 1. The summed E-state index contributed by atoms with van der Waals surface area (Å²) in [6, 6.07) is 5.33. The van der Waals surface area contributed by atoms with Gasteiger partial charge in [0.15, 0.2) is 0 Å². The Labute approximate surface area is 127 Å². The van der Waals surface area contributed by atoms with Crippen LogP contribution in [0.3, 0.4) is 0 Å². The molecule has 0 bridgehead atoms. The summed E-state index contributed by atoms with van der Waals surface area (Å²) in [5, 5.41) is 12.0. The molecule has 0 saturated carbocycles. The van der Waals surface area contributed by atoms with Gasteiger partial charge in [0, 0.05) is 30.2 Å². The minimum Gasteiger partial charge on any atom is -0.497 e. The normalized spacial score (nSPS) is 16.1. The van der Waals surface area contributed by atoms with Gasteiger partial charge in [0.2, 0.25) is 0 Å². The molecule has 0 aliphatic carbocycles. The number of hydrogen-bond acceptors (Lipinski definition) is 3. The number of aliphatic hydroxyl groups excluding tert-OH is 1. The third kappa shape index (κ3) is 3.64. The van der Waals surface area contributed by atoms with Gasteiger partial charge < -0.3 is 20.1 Å². The Morgan fingerprint density at radius 1 is 1.50 bits per heavy atom. The molecule has 110 valence electrons. The number of carbonyl (C=O) groups excluding carboxylic acids is 1. The summed E-state index contributed by atoms with van der Waals surface area (Å²) in [5.74, 6) is 1.02. The van der Waals surface area contributed by atoms with E-state index in [9.17, 15) is 4.79 Å². The van der Waals surface area contributed by atoms with E-state index in [-0.39, 0.29) is 12.6 Å². The van der Waals surface area contributed by atoms with E-state index in [2.05, 4.69) is 21.2 Å². The number of urea groups is 1. The lowest BCUT2D eigenvalue weighted by Gasteiger charge is -2.31. The first kappa shape index (κ1) is 15.1. The molecule has 2 N–H and O–H groups in total. The number of nitrogens with zero attached hydrogens (tertiary/aromatic N) is 1. The van der Waals surface area contributed by atoms with Crippen molar-refractivity contribution in [2.45, 2.75) is 12.8 Å². The van der Waals surface area contributed by atoms with Crippen molar-refractivity contribution in [3.05, 3.63) is 22.7 Å². The molecule has 0 radical (unpaired) electrons. The molecule has 0 spiro atoms. The maximum Gasteiger partial charge on any atom is 0.321 e. The number of likely N-dealkylation sites (tertiary alicyclic amines) is 1. The van der Waals surface area contributed by atoms with E-state index in [0.29, 0.717) is 30.4 Å². The second kappa shape index (κ2) is 6.95. The van der Waals surface area contributed by atoms with E-state index < -0.39 is 0 Å². The summed E-state index contributed by atoms with van der Waals surface area (Å²) in [6.07, 6.45) is 1.70. The molecule has 0 atom stereocenters. The first-order valence-corrected chi connectivity index (χ1v) is 7.43. The van der Waals surface area contributed by atoms with Crippen LogP contribution in [0.25, 0.3) is 0 Å². The lowest BCUT2D eigenvalue weighted by atomic mass is 9.98. The molecule has 1 aliphatic rings. The van der Waals surface area contributed by atoms with Crippen molar-refractivity contribution in [1.29, 1.82) is 0 Å². The zero-order valence-corrected chi connectivity index (χ0v) is 13.0. The topological polar surface area (TPSA) is 61.8 Å². The van der Waals surface area contributed by atoms with Crippen LogP contribution in [0.1, 0.15) is 12.8 Å². The van der Waals surface area contributed by atoms with Gasteiger partial charge in [-0.25, -0.2) is 4.79 Å². The minimum atomic E-state index is -0.115. The van der Waals surface area contributed by atoms with Crippen LogP contribution < -0.4 is 10.1 Å². The highest BCUT2D eigenvalue weighted by molar-refractivity contribution is 9.10. The molecular weight excluding hydrogens is 324 g/mol. The number of carbonyl (C=O) groups is 1. The maximum absolute atomic E-state index is 12.2. The SMILES string of the molecule is COc1ccc(Br)c(NC(=O)N2CCC(CO)CC2)c1. The van der Waals surface area contributed by atoms with Crippen LogP contribution in [-0.2, 0) is 0 Å². The molecule has 1 aromatic rings. The van der Waals surface area contributed by atoms with Crippen LogP contribution in [0.15, 0.2) is 22.7 Å². The number of anilines is 1. The van der Waals surface area contributed by atoms with Crippen molar-refractivity contribution in [3.8, 4) is 5.75 Å². The van der Waals surface area contributed by atoms with E-state index in [1.54, 1.807) is 18.1 Å². The van der Waals surface area contributed by atoms with E-state index in [0.717, 1.165) is 17.3 Å². The van der Waals surface area contributed by atoms with Crippen molar-refractivity contribution in [2.75, 3.05) is 32.1 Å². The van der Waals surface area contributed by atoms with Crippen molar-refractivity contribution in [2.24, 2.45) is 5.92 Å². The van der Waals surface area contributed by atoms with Crippen molar-refractivity contribution < 1.29 is 14.6 Å². The largest absolute Gasteiger partial charge is 0.497 e. The molecular formula is C14H19BrN2O3. The highest BCUT2D eigenvalue weighted by atomic mass is 79.9. The lowest BCUT2D eigenvalue weighted by molar-refractivity contribution is 0.143. The Morgan fingerprint density at radius 3 is 2.80 bits per heavy atom. The van der Waals surface area contributed by atoms with Crippen LogP contribution in [0.2, 0.25) is 0 Å². The number of halogens is 1. The Bertz CT molecular complexity index is 473. The number of amides is 2. The van der Waals surface area contributed by atoms with Gasteiger partial charge in [0.25, 0.3) is 0 Å². The van der Waals surface area contributed by atoms with Gasteiger partial charge in [-0.1, -0.05) is 0 Å². The summed E-state index contributed by atoms with van der Waals surface area (Å²) >= 11 is 3.41. The number of ether oxygens (including phenoxy) is 1. The fourth-order valence-electron chi connectivity index (χ4n) is 2.24. The Hall–Kier alpha value is -1.27. The summed E-state index contributed by atoms with van der Waals surface area (Å²) < 4.78 is 5.97. The van der Waals surface area contributed by atoms with Gasteiger partial charge in [-0.15, -0.1) is 0 Å². The molecule has 1 aliphatic heterocycles. The van der Waals surface area contributed by atoms with Crippen LogP contribution in [0.5, 0.6) is 5.75 Å².